The van der Waals surface area contributed by atoms with Crippen LogP contribution in [0.5, 0.6) is 0 Å². The first-order valence-electron chi connectivity index (χ1n) is 22.8. The van der Waals surface area contributed by atoms with Gasteiger partial charge in [-0.1, -0.05) is 13.8 Å². The number of Topliss-reactive ketones (excluding diaryl/α,β-unsaturated/α-hetero) is 1. The molecule has 0 aromatic rings. The van der Waals surface area contributed by atoms with E-state index in [1.807, 2.05) is 19.9 Å². The number of ether oxygens (including phenoxy) is 5. The summed E-state index contributed by atoms with van der Waals surface area (Å²) in [6.45, 7) is 3.88. The number of ketones is 1. The van der Waals surface area contributed by atoms with Gasteiger partial charge in [0.15, 0.2) is 5.78 Å². The zero-order valence-electron chi connectivity index (χ0n) is 38.8. The van der Waals surface area contributed by atoms with Crippen LogP contribution in [-0.2, 0) is 62.0 Å². The zero-order valence-corrected chi connectivity index (χ0v) is 38.8. The van der Waals surface area contributed by atoms with Gasteiger partial charge in [0.1, 0.15) is 5.66 Å². The monoisotopic (exact) mass is 918 g/mol. The molecule has 0 aromatic heterocycles. The Labute approximate surface area is 383 Å². The van der Waals surface area contributed by atoms with Crippen molar-refractivity contribution in [3.8, 4) is 0 Å². The van der Waals surface area contributed by atoms with Gasteiger partial charge in [-0.25, -0.2) is 0 Å². The molecule has 1 saturated carbocycles. The second kappa shape index (κ2) is 18.9. The van der Waals surface area contributed by atoms with Crippen molar-refractivity contribution in [3.63, 3.8) is 0 Å². The van der Waals surface area contributed by atoms with Gasteiger partial charge < -0.3 is 40.1 Å². The van der Waals surface area contributed by atoms with Gasteiger partial charge in [-0.3, -0.25) is 53.3 Å². The molecule has 7 aliphatic rings. The van der Waals surface area contributed by atoms with Crippen LogP contribution in [0.3, 0.4) is 0 Å². The Balaban J connectivity index is 1.52. The summed E-state index contributed by atoms with van der Waals surface area (Å²) in [7, 11) is 6.47. The first-order valence-corrected chi connectivity index (χ1v) is 22.8. The standard InChI is InChI=1S/C47H62N6O13/c1-45(21-35(48)55)27(10-14-38(58)63-4)32-20-47-46(2,22-36(56)53-47)28(11-15-39(59)64-5)31(52-47)18-29-25(16-40(60)65-6)24(9-13-37(57)62-3)44(50-29)42-33(54)12-8-23-26(17-41(61)66-7)30(51-43(23)42)19-34(45)49-32/h18,23-28,30,32,52H,8-17,19-22H2,1-7H3,(H2,48,55)(H,53,56)/b31-18?,44-42-/t23-,24-,25-,26-,27+,28+,30+,32-,45-,46-,47-/m0/s1. The van der Waals surface area contributed by atoms with Crippen molar-refractivity contribution in [2.75, 3.05) is 35.5 Å². The molecule has 8 bridgehead atoms. The summed E-state index contributed by atoms with van der Waals surface area (Å²) < 4.78 is 25.6. The number of nitrogens with zero attached hydrogens (tertiary/aromatic N) is 3. The number of methoxy groups -OCH3 is 5. The average Bonchev–Trinajstić information content (AvgIpc) is 3.98. The molecule has 66 heavy (non-hydrogen) atoms. The summed E-state index contributed by atoms with van der Waals surface area (Å²) in [4.78, 5) is 123. The number of fused-ring (bicyclic) bond motifs is 4. The molecule has 0 radical (unpaired) electrons. The van der Waals surface area contributed by atoms with E-state index in [0.29, 0.717) is 34.9 Å². The van der Waals surface area contributed by atoms with Crippen molar-refractivity contribution < 1.29 is 62.0 Å². The van der Waals surface area contributed by atoms with Crippen LogP contribution in [0.25, 0.3) is 0 Å². The van der Waals surface area contributed by atoms with Crippen molar-refractivity contribution in [2.45, 2.75) is 121 Å². The molecule has 0 aromatic carbocycles. The predicted molar refractivity (Wildman–Crippen MR) is 235 cm³/mol. The maximum absolute atomic E-state index is 14.5. The van der Waals surface area contributed by atoms with Gasteiger partial charge in [-0.05, 0) is 37.7 Å². The highest BCUT2D eigenvalue weighted by atomic mass is 16.5. The lowest BCUT2D eigenvalue weighted by atomic mass is 9.63. The summed E-state index contributed by atoms with van der Waals surface area (Å²) in [5, 5.41) is 6.99. The molecule has 19 heteroatoms. The summed E-state index contributed by atoms with van der Waals surface area (Å²) in [6.07, 6.45) is 2.99. The quantitative estimate of drug-likeness (QED) is 0.158. The van der Waals surface area contributed by atoms with Crippen LogP contribution in [0.4, 0.5) is 0 Å². The largest absolute Gasteiger partial charge is 0.469 e. The molecule has 358 valence electrons. The van der Waals surface area contributed by atoms with Gasteiger partial charge in [0.05, 0.1) is 77.5 Å². The second-order valence-corrected chi connectivity index (χ2v) is 19.3. The number of esters is 5. The number of rotatable bonds is 15. The van der Waals surface area contributed by atoms with E-state index < -0.39 is 99.8 Å². The SMILES string of the molecule is COC(=O)CC[C@@H]1/C2=C3\C(=O)CC[C@@H]4C3=N[C@H](CC3=N[C@@H](C[C@]56NC(=O)C[C@@]5(C)[C@H](CCC(=O)OC)C(=CC(=N2)[C@H]1CC(=O)OC)N6)[C@@H](CCC(=O)OC)[C@]3(C)CC(N)=O)[C@H]4CC(=O)OC. The summed E-state index contributed by atoms with van der Waals surface area (Å²) in [5.74, 6) is -6.70. The third-order valence-corrected chi connectivity index (χ3v) is 15.9. The van der Waals surface area contributed by atoms with Gasteiger partial charge >= 0.3 is 29.8 Å². The van der Waals surface area contributed by atoms with Gasteiger partial charge in [0, 0.05) is 109 Å². The Bertz CT molecular complexity index is 2250. The highest BCUT2D eigenvalue weighted by Gasteiger charge is 2.66. The van der Waals surface area contributed by atoms with Crippen LogP contribution in [0, 0.1) is 46.3 Å². The third-order valence-electron chi connectivity index (χ3n) is 15.9. The van der Waals surface area contributed by atoms with Crippen LogP contribution < -0.4 is 16.4 Å². The van der Waals surface area contributed by atoms with E-state index in [9.17, 15) is 38.4 Å². The average molecular weight is 919 g/mol. The molecule has 11 atom stereocenters. The molecule has 6 heterocycles. The lowest BCUT2D eigenvalue weighted by Gasteiger charge is -2.42. The Hall–Kier alpha value is -5.75. The minimum atomic E-state index is -1.21. The normalized spacial score (nSPS) is 35.0. The fraction of sp³-hybridized carbons (Fsp3) is 0.681. The van der Waals surface area contributed by atoms with Crippen molar-refractivity contribution in [1.29, 1.82) is 0 Å². The van der Waals surface area contributed by atoms with Gasteiger partial charge in [-0.2, -0.15) is 0 Å². The number of carbonyl (C=O) groups excluding carboxylic acids is 8. The van der Waals surface area contributed by atoms with Gasteiger partial charge in [0.2, 0.25) is 11.8 Å². The van der Waals surface area contributed by atoms with E-state index in [4.69, 9.17) is 44.4 Å². The molecule has 19 nitrogen and oxygen atoms in total. The number of hydrogen-bond donors (Lipinski definition) is 3. The maximum Gasteiger partial charge on any atom is 0.306 e. The van der Waals surface area contributed by atoms with Gasteiger partial charge in [-0.15, -0.1) is 0 Å². The molecule has 2 amide bonds. The minimum absolute atomic E-state index is 0.00213. The number of carbonyl (C=O) groups is 8. The molecular formula is C47H62N6O13. The highest BCUT2D eigenvalue weighted by Crippen LogP contribution is 2.59. The smallest absolute Gasteiger partial charge is 0.306 e. The van der Waals surface area contributed by atoms with Crippen molar-refractivity contribution >= 4 is 64.6 Å². The molecule has 6 aliphatic heterocycles. The fourth-order valence-electron chi connectivity index (χ4n) is 12.5. The van der Waals surface area contributed by atoms with E-state index in [0.717, 1.165) is 0 Å². The summed E-state index contributed by atoms with van der Waals surface area (Å²) in [6, 6.07) is -1.26. The van der Waals surface area contributed by atoms with E-state index in [-0.39, 0.29) is 101 Å². The van der Waals surface area contributed by atoms with Crippen LogP contribution in [0.2, 0.25) is 0 Å². The van der Waals surface area contributed by atoms with Crippen molar-refractivity contribution in [2.24, 2.45) is 67.0 Å². The maximum atomic E-state index is 14.5. The van der Waals surface area contributed by atoms with Crippen LogP contribution in [0.1, 0.15) is 104 Å². The highest BCUT2D eigenvalue weighted by molar-refractivity contribution is 6.26. The van der Waals surface area contributed by atoms with Gasteiger partial charge in [0.25, 0.3) is 0 Å². The molecule has 1 spiro atoms. The molecule has 1 aliphatic carbocycles. The number of allylic oxidation sites excluding steroid dienone is 4. The van der Waals surface area contributed by atoms with E-state index in [2.05, 4.69) is 10.6 Å². The minimum Gasteiger partial charge on any atom is -0.469 e. The lowest BCUT2D eigenvalue weighted by molar-refractivity contribution is -0.143. The Morgan fingerprint density at radius 1 is 0.773 bits per heavy atom. The van der Waals surface area contributed by atoms with Crippen molar-refractivity contribution in [3.05, 3.63) is 23.0 Å². The van der Waals surface area contributed by atoms with Crippen LogP contribution >= 0.6 is 0 Å². The molecule has 2 saturated heterocycles. The van der Waals surface area contributed by atoms with Crippen LogP contribution in [0.15, 0.2) is 38.0 Å². The first kappa shape index (κ1) is 48.2. The number of amides is 2. The number of hydrogen-bond acceptors (Lipinski definition) is 17. The van der Waals surface area contributed by atoms with E-state index in [1.54, 1.807) is 0 Å². The van der Waals surface area contributed by atoms with Crippen molar-refractivity contribution in [1.82, 2.24) is 10.6 Å². The topological polar surface area (TPSA) is 270 Å². The lowest BCUT2D eigenvalue weighted by Crippen LogP contribution is -2.59. The fourth-order valence-corrected chi connectivity index (χ4v) is 12.5. The number of primary amides is 1. The number of nitrogens with one attached hydrogen (secondary N) is 2. The Morgan fingerprint density at radius 3 is 2.03 bits per heavy atom. The van der Waals surface area contributed by atoms with E-state index in [1.165, 1.54) is 35.5 Å². The zero-order chi connectivity index (χ0) is 47.9. The molecule has 0 unspecified atom stereocenters. The van der Waals surface area contributed by atoms with E-state index >= 15 is 0 Å². The Morgan fingerprint density at radius 2 is 1.39 bits per heavy atom. The predicted octanol–water partition coefficient (Wildman–Crippen LogP) is 2.77. The number of nitrogens with two attached hydrogens (primary N) is 1. The molecule has 4 N–H and O–H groups in total. The molecular weight excluding hydrogens is 857 g/mol. The third kappa shape index (κ3) is 8.69. The molecule has 7 rings (SSSR count). The second-order valence-electron chi connectivity index (χ2n) is 19.3. The molecule has 3 fully saturated rings. The summed E-state index contributed by atoms with van der Waals surface area (Å²) in [5.41, 5.74) is 5.60. The summed E-state index contributed by atoms with van der Waals surface area (Å²) >= 11 is 0. The van der Waals surface area contributed by atoms with Crippen LogP contribution in [-0.4, -0.2) is 118 Å². The first-order chi connectivity index (χ1) is 31.3. The Kier molecular flexibility index (Phi) is 13.8. The number of aliphatic imine (C=N–C) groups is 3.